The molecule has 1 fully saturated rings. The Kier molecular flexibility index (Phi) is 4.53. The van der Waals surface area contributed by atoms with Crippen molar-refractivity contribution in [3.05, 3.63) is 41.9 Å². The number of aliphatic hydroxyl groups is 2. The van der Waals surface area contributed by atoms with Crippen LogP contribution in [0.1, 0.15) is 18.2 Å². The second-order valence-electron chi connectivity index (χ2n) is 6.46. The highest BCUT2D eigenvalue weighted by atomic mass is 16.6. The lowest BCUT2D eigenvalue weighted by atomic mass is 10.1. The third kappa shape index (κ3) is 3.14. The van der Waals surface area contributed by atoms with E-state index in [0.29, 0.717) is 35.2 Å². The second kappa shape index (κ2) is 7.00. The molecule has 4 atom stereocenters. The lowest BCUT2D eigenvalue weighted by Crippen LogP contribution is -2.44. The van der Waals surface area contributed by atoms with Crippen molar-refractivity contribution in [2.45, 2.75) is 38.1 Å². The molecule has 1 aromatic carbocycles. The normalized spacial score (nSPS) is 26.4. The topological polar surface area (TPSA) is 124 Å². The highest BCUT2D eigenvalue weighted by Gasteiger charge is 2.45. The Balaban J connectivity index is 1.51. The first kappa shape index (κ1) is 17.5. The minimum atomic E-state index is -1.03. The molecular formula is C18H19N5O4. The zero-order valence-electron chi connectivity index (χ0n) is 14.6. The second-order valence-corrected chi connectivity index (χ2v) is 6.46. The van der Waals surface area contributed by atoms with Gasteiger partial charge in [-0.25, -0.2) is 9.97 Å². The van der Waals surface area contributed by atoms with E-state index in [1.807, 2.05) is 0 Å². The summed E-state index contributed by atoms with van der Waals surface area (Å²) in [5, 5.41) is 32.2. The molecule has 27 heavy (non-hydrogen) atoms. The van der Waals surface area contributed by atoms with Gasteiger partial charge in [0.1, 0.15) is 42.3 Å². The Morgan fingerprint density at radius 2 is 2.07 bits per heavy atom. The van der Waals surface area contributed by atoms with Crippen molar-refractivity contribution in [1.29, 1.82) is 5.26 Å². The van der Waals surface area contributed by atoms with Gasteiger partial charge in [-0.3, -0.25) is 0 Å². The Morgan fingerprint density at radius 3 is 2.74 bits per heavy atom. The fourth-order valence-corrected chi connectivity index (χ4v) is 3.23. The van der Waals surface area contributed by atoms with E-state index in [2.05, 4.69) is 21.4 Å². The van der Waals surface area contributed by atoms with Crippen LogP contribution in [0.15, 0.2) is 30.6 Å². The number of ether oxygens (including phenoxy) is 2. The first-order chi connectivity index (χ1) is 13.1. The van der Waals surface area contributed by atoms with Gasteiger partial charge in [-0.05, 0) is 31.2 Å². The summed E-state index contributed by atoms with van der Waals surface area (Å²) in [6.07, 6.45) is -1.69. The molecule has 1 saturated heterocycles. The average Bonchev–Trinajstić information content (AvgIpc) is 3.23. The summed E-state index contributed by atoms with van der Waals surface area (Å²) in [4.78, 5) is 10.3. The van der Waals surface area contributed by atoms with E-state index in [4.69, 9.17) is 14.7 Å². The molecule has 140 valence electrons. The highest BCUT2D eigenvalue weighted by Crippen LogP contribution is 2.36. The minimum absolute atomic E-state index is 0.213. The summed E-state index contributed by atoms with van der Waals surface area (Å²) in [5.41, 5.74) is 1.93. The van der Waals surface area contributed by atoms with Crippen molar-refractivity contribution in [2.75, 3.05) is 16.9 Å². The van der Waals surface area contributed by atoms with E-state index in [1.165, 1.54) is 6.33 Å². The van der Waals surface area contributed by atoms with E-state index < -0.39 is 24.5 Å². The largest absolute Gasteiger partial charge is 0.487 e. The van der Waals surface area contributed by atoms with Crippen LogP contribution in [-0.2, 0) is 11.3 Å². The molecule has 0 bridgehead atoms. The highest BCUT2D eigenvalue weighted by molar-refractivity contribution is 5.73. The summed E-state index contributed by atoms with van der Waals surface area (Å²) in [7, 11) is 0. The number of nitriles is 1. The van der Waals surface area contributed by atoms with E-state index in [-0.39, 0.29) is 6.61 Å². The molecular weight excluding hydrogens is 350 g/mol. The molecule has 2 aliphatic rings. The molecule has 3 heterocycles. The van der Waals surface area contributed by atoms with Crippen molar-refractivity contribution in [3.8, 4) is 11.8 Å². The van der Waals surface area contributed by atoms with Crippen molar-refractivity contribution in [1.82, 2.24) is 9.97 Å². The van der Waals surface area contributed by atoms with Gasteiger partial charge in [0.2, 0.25) is 0 Å². The summed E-state index contributed by atoms with van der Waals surface area (Å²) < 4.78 is 11.4. The Morgan fingerprint density at radius 1 is 1.30 bits per heavy atom. The zero-order valence-corrected chi connectivity index (χ0v) is 14.6. The van der Waals surface area contributed by atoms with Gasteiger partial charge in [-0.2, -0.15) is 5.26 Å². The maximum absolute atomic E-state index is 10.2. The Labute approximate surface area is 155 Å². The van der Waals surface area contributed by atoms with Crippen LogP contribution in [0.3, 0.4) is 0 Å². The number of aliphatic hydroxyl groups excluding tert-OH is 2. The summed E-state index contributed by atoms with van der Waals surface area (Å²) in [6.45, 7) is 2.30. The molecule has 0 spiro atoms. The first-order valence-corrected chi connectivity index (χ1v) is 8.57. The van der Waals surface area contributed by atoms with E-state index >= 15 is 0 Å². The number of rotatable bonds is 4. The van der Waals surface area contributed by atoms with Crippen LogP contribution in [0.2, 0.25) is 0 Å². The van der Waals surface area contributed by atoms with Gasteiger partial charge in [0.05, 0.1) is 24.4 Å². The molecule has 9 heteroatoms. The number of fused-ring (bicyclic) bond motifs is 1. The van der Waals surface area contributed by atoms with E-state index in [0.717, 1.165) is 0 Å². The predicted octanol–water partition coefficient (Wildman–Crippen LogP) is 0.583. The maximum atomic E-state index is 10.2. The van der Waals surface area contributed by atoms with Gasteiger partial charge >= 0.3 is 0 Å². The number of benzene rings is 1. The van der Waals surface area contributed by atoms with E-state index in [9.17, 15) is 10.2 Å². The van der Waals surface area contributed by atoms with Crippen molar-refractivity contribution >= 4 is 11.5 Å². The average molecular weight is 369 g/mol. The molecule has 0 amide bonds. The summed E-state index contributed by atoms with van der Waals surface area (Å²) in [6, 6.07) is 8.89. The number of anilines is 2. The molecule has 3 N–H and O–H groups in total. The molecule has 9 nitrogen and oxygen atoms in total. The minimum Gasteiger partial charge on any atom is -0.487 e. The zero-order chi connectivity index (χ0) is 19.0. The molecule has 0 unspecified atom stereocenters. The standard InChI is InChI=1S/C18H19N5O4/c1-10-15(24)16(25)18(27-10)23-9-22-14-13(20-8-21-17(14)23)7-26-12-4-2-11(6-19)3-5-12/h2-5,8,10,15-16,18,22,24-25H,7,9H2,1H3/t10-,15-,16-,18-/m1/s1. The van der Waals surface area contributed by atoms with Crippen LogP contribution in [-0.4, -0.2) is 51.4 Å². The van der Waals surface area contributed by atoms with Crippen molar-refractivity contribution < 1.29 is 19.7 Å². The molecule has 2 aromatic rings. The van der Waals surface area contributed by atoms with Gasteiger partial charge in [0, 0.05) is 0 Å². The fourth-order valence-electron chi connectivity index (χ4n) is 3.23. The molecule has 1 aromatic heterocycles. The van der Waals surface area contributed by atoms with Gasteiger partial charge in [-0.1, -0.05) is 0 Å². The Hall–Kier alpha value is -2.93. The fraction of sp³-hybridized carbons (Fsp3) is 0.389. The molecule has 4 rings (SSSR count). The smallest absolute Gasteiger partial charge is 0.162 e. The van der Waals surface area contributed by atoms with Crippen LogP contribution >= 0.6 is 0 Å². The van der Waals surface area contributed by atoms with Gasteiger partial charge in [0.25, 0.3) is 0 Å². The van der Waals surface area contributed by atoms with Crippen molar-refractivity contribution in [2.24, 2.45) is 0 Å². The van der Waals surface area contributed by atoms with Crippen molar-refractivity contribution in [3.63, 3.8) is 0 Å². The molecule has 0 saturated carbocycles. The quantitative estimate of drug-likeness (QED) is 0.710. The molecule has 0 aliphatic carbocycles. The van der Waals surface area contributed by atoms with Gasteiger partial charge in [-0.15, -0.1) is 0 Å². The lowest BCUT2D eigenvalue weighted by Gasteiger charge is -2.26. The van der Waals surface area contributed by atoms with Crippen LogP contribution < -0.4 is 15.0 Å². The molecule has 0 radical (unpaired) electrons. The van der Waals surface area contributed by atoms with E-state index in [1.54, 1.807) is 36.1 Å². The maximum Gasteiger partial charge on any atom is 0.162 e. The van der Waals surface area contributed by atoms with Crippen LogP contribution in [0.4, 0.5) is 11.5 Å². The number of aromatic nitrogens is 2. The van der Waals surface area contributed by atoms with Crippen LogP contribution in [0, 0.1) is 11.3 Å². The number of nitrogens with one attached hydrogen (secondary N) is 1. The van der Waals surface area contributed by atoms with Crippen LogP contribution in [0.5, 0.6) is 5.75 Å². The van der Waals surface area contributed by atoms with Gasteiger partial charge in [0.15, 0.2) is 12.0 Å². The third-order valence-corrected chi connectivity index (χ3v) is 4.75. The monoisotopic (exact) mass is 369 g/mol. The number of hydrogen-bond donors (Lipinski definition) is 3. The van der Waals surface area contributed by atoms with Crippen LogP contribution in [0.25, 0.3) is 0 Å². The molecule has 2 aliphatic heterocycles. The SMILES string of the molecule is C[C@H]1O[C@@H](N2CNc3c(COc4ccc(C#N)cc4)ncnc32)[C@H](O)[C@@H]1O. The predicted molar refractivity (Wildman–Crippen MR) is 94.8 cm³/mol. The first-order valence-electron chi connectivity index (χ1n) is 8.57. The summed E-state index contributed by atoms with van der Waals surface area (Å²) >= 11 is 0. The summed E-state index contributed by atoms with van der Waals surface area (Å²) in [5.74, 6) is 1.22. The number of nitrogens with zero attached hydrogens (tertiary/aromatic N) is 4. The Bertz CT molecular complexity index is 869. The lowest BCUT2D eigenvalue weighted by molar-refractivity contribution is 0.0157. The third-order valence-electron chi connectivity index (χ3n) is 4.75. The van der Waals surface area contributed by atoms with Gasteiger partial charge < -0.3 is 29.9 Å². The number of hydrogen-bond acceptors (Lipinski definition) is 9.